The summed E-state index contributed by atoms with van der Waals surface area (Å²) in [6, 6.07) is 26.4. The number of fused-ring (bicyclic) bond motifs is 3. The molecule has 3 heterocycles. The molecule has 1 aliphatic heterocycles. The van der Waals surface area contributed by atoms with Gasteiger partial charge >= 0.3 is 0 Å². The van der Waals surface area contributed by atoms with Crippen molar-refractivity contribution in [3.63, 3.8) is 0 Å². The number of H-pyrrole nitrogens is 1. The van der Waals surface area contributed by atoms with E-state index in [2.05, 4.69) is 85.4 Å². The minimum absolute atomic E-state index is 0.219. The summed E-state index contributed by atoms with van der Waals surface area (Å²) in [7, 11) is 0. The molecule has 1 saturated heterocycles. The molecule has 33 heavy (non-hydrogen) atoms. The second kappa shape index (κ2) is 8.30. The summed E-state index contributed by atoms with van der Waals surface area (Å²) in [6.45, 7) is 3.53. The molecule has 0 unspecified atom stereocenters. The van der Waals surface area contributed by atoms with E-state index in [0.717, 1.165) is 53.9 Å². The van der Waals surface area contributed by atoms with E-state index in [4.69, 9.17) is 0 Å². The van der Waals surface area contributed by atoms with Gasteiger partial charge in [-0.25, -0.2) is 14.4 Å². The second-order valence-corrected chi connectivity index (χ2v) is 8.48. The van der Waals surface area contributed by atoms with Gasteiger partial charge in [0.05, 0.1) is 6.04 Å². The number of hydrogen-bond donors (Lipinski definition) is 1. The minimum Gasteiger partial charge on any atom is -0.352 e. The fraction of sp³-hybridized carbons (Fsp3) is 0.185. The predicted molar refractivity (Wildman–Crippen MR) is 130 cm³/mol. The molecular formula is C27H24FN5. The Balaban J connectivity index is 1.30. The quantitative estimate of drug-likeness (QED) is 0.422. The van der Waals surface area contributed by atoms with Gasteiger partial charge in [-0.05, 0) is 29.3 Å². The Bertz CT molecular complexity index is 1350. The van der Waals surface area contributed by atoms with Crippen molar-refractivity contribution in [3.05, 3.63) is 102 Å². The SMILES string of the molecule is Fc1ccc2[nH]c3c(N4CCN(C(c5ccccc5)c5ccccc5)CC4)ncnc3c2c1. The van der Waals surface area contributed by atoms with E-state index in [1.54, 1.807) is 12.4 Å². The van der Waals surface area contributed by atoms with Crippen LogP contribution < -0.4 is 4.90 Å². The fourth-order valence-electron chi connectivity index (χ4n) is 4.97. The number of anilines is 1. The Kier molecular flexibility index (Phi) is 5.00. The van der Waals surface area contributed by atoms with E-state index in [0.29, 0.717) is 0 Å². The summed E-state index contributed by atoms with van der Waals surface area (Å²) >= 11 is 0. The van der Waals surface area contributed by atoms with Gasteiger partial charge in [-0.3, -0.25) is 4.90 Å². The van der Waals surface area contributed by atoms with Gasteiger partial charge in [0.25, 0.3) is 0 Å². The fourth-order valence-corrected chi connectivity index (χ4v) is 4.97. The number of halogens is 1. The van der Waals surface area contributed by atoms with Crippen molar-refractivity contribution in [2.45, 2.75) is 6.04 Å². The highest BCUT2D eigenvalue weighted by Gasteiger charge is 2.28. The molecule has 0 aliphatic carbocycles. The van der Waals surface area contributed by atoms with E-state index in [9.17, 15) is 4.39 Å². The van der Waals surface area contributed by atoms with Crippen LogP contribution in [0.5, 0.6) is 0 Å². The molecule has 6 rings (SSSR count). The molecule has 5 nitrogen and oxygen atoms in total. The number of nitrogens with one attached hydrogen (secondary N) is 1. The van der Waals surface area contributed by atoms with E-state index in [-0.39, 0.29) is 11.9 Å². The summed E-state index contributed by atoms with van der Waals surface area (Å²) in [6.07, 6.45) is 1.58. The largest absolute Gasteiger partial charge is 0.352 e. The van der Waals surface area contributed by atoms with Gasteiger partial charge in [-0.15, -0.1) is 0 Å². The zero-order valence-electron chi connectivity index (χ0n) is 18.2. The van der Waals surface area contributed by atoms with Crippen LogP contribution in [-0.4, -0.2) is 46.0 Å². The van der Waals surface area contributed by atoms with Crippen molar-refractivity contribution < 1.29 is 4.39 Å². The highest BCUT2D eigenvalue weighted by molar-refractivity contribution is 6.08. The Morgan fingerprint density at radius 3 is 2.12 bits per heavy atom. The lowest BCUT2D eigenvalue weighted by atomic mass is 9.96. The summed E-state index contributed by atoms with van der Waals surface area (Å²) in [5.41, 5.74) is 5.12. The van der Waals surface area contributed by atoms with Crippen molar-refractivity contribution in [2.75, 3.05) is 31.1 Å². The van der Waals surface area contributed by atoms with Crippen LogP contribution in [0.15, 0.2) is 85.2 Å². The Morgan fingerprint density at radius 1 is 0.788 bits per heavy atom. The molecule has 0 amide bonds. The van der Waals surface area contributed by atoms with Crippen molar-refractivity contribution in [1.82, 2.24) is 19.9 Å². The molecule has 6 heteroatoms. The molecule has 0 bridgehead atoms. The molecule has 0 radical (unpaired) electrons. The Hall–Kier alpha value is -3.77. The molecule has 164 valence electrons. The summed E-state index contributed by atoms with van der Waals surface area (Å²) < 4.78 is 13.8. The normalized spacial score (nSPS) is 15.0. The van der Waals surface area contributed by atoms with Crippen LogP contribution >= 0.6 is 0 Å². The first-order valence-electron chi connectivity index (χ1n) is 11.3. The first kappa shape index (κ1) is 19.9. The summed E-state index contributed by atoms with van der Waals surface area (Å²) in [5.74, 6) is 0.622. The van der Waals surface area contributed by atoms with Crippen LogP contribution in [0, 0.1) is 5.82 Å². The van der Waals surface area contributed by atoms with Crippen LogP contribution in [0.2, 0.25) is 0 Å². The average molecular weight is 438 g/mol. The third-order valence-electron chi connectivity index (χ3n) is 6.53. The average Bonchev–Trinajstić information content (AvgIpc) is 3.24. The topological polar surface area (TPSA) is 48.1 Å². The third kappa shape index (κ3) is 3.62. The number of benzene rings is 3. The molecule has 0 saturated carbocycles. The van der Waals surface area contributed by atoms with Gasteiger partial charge in [-0.2, -0.15) is 0 Å². The van der Waals surface area contributed by atoms with Gasteiger partial charge in [-0.1, -0.05) is 60.7 Å². The zero-order valence-corrected chi connectivity index (χ0v) is 18.2. The maximum atomic E-state index is 13.8. The lowest BCUT2D eigenvalue weighted by molar-refractivity contribution is 0.212. The van der Waals surface area contributed by atoms with E-state index in [1.807, 2.05) is 0 Å². The van der Waals surface area contributed by atoms with E-state index in [1.165, 1.54) is 23.3 Å². The van der Waals surface area contributed by atoms with Crippen molar-refractivity contribution in [1.29, 1.82) is 0 Å². The smallest absolute Gasteiger partial charge is 0.156 e. The third-order valence-corrected chi connectivity index (χ3v) is 6.53. The van der Waals surface area contributed by atoms with Crippen molar-refractivity contribution in [3.8, 4) is 0 Å². The van der Waals surface area contributed by atoms with Crippen LogP contribution in [0.1, 0.15) is 17.2 Å². The first-order chi connectivity index (χ1) is 16.3. The molecule has 1 aliphatic rings. The van der Waals surface area contributed by atoms with Crippen LogP contribution in [0.25, 0.3) is 21.9 Å². The number of aromatic nitrogens is 3. The molecule has 3 aromatic carbocycles. The zero-order chi connectivity index (χ0) is 22.2. The maximum absolute atomic E-state index is 13.8. The molecule has 1 N–H and O–H groups in total. The second-order valence-electron chi connectivity index (χ2n) is 8.48. The van der Waals surface area contributed by atoms with Gasteiger partial charge in [0.1, 0.15) is 23.2 Å². The highest BCUT2D eigenvalue weighted by Crippen LogP contribution is 2.33. The maximum Gasteiger partial charge on any atom is 0.156 e. The van der Waals surface area contributed by atoms with Crippen LogP contribution in [-0.2, 0) is 0 Å². The van der Waals surface area contributed by atoms with Gasteiger partial charge in [0.2, 0.25) is 0 Å². The molecule has 0 atom stereocenters. The number of nitrogens with zero attached hydrogens (tertiary/aromatic N) is 4. The van der Waals surface area contributed by atoms with Crippen molar-refractivity contribution >= 4 is 27.8 Å². The number of piperazine rings is 1. The van der Waals surface area contributed by atoms with Gasteiger partial charge < -0.3 is 9.88 Å². The lowest BCUT2D eigenvalue weighted by Gasteiger charge is -2.40. The van der Waals surface area contributed by atoms with E-state index >= 15 is 0 Å². The first-order valence-corrected chi connectivity index (χ1v) is 11.3. The van der Waals surface area contributed by atoms with Gasteiger partial charge in [0.15, 0.2) is 5.82 Å². The predicted octanol–water partition coefficient (Wildman–Crippen LogP) is 5.16. The summed E-state index contributed by atoms with van der Waals surface area (Å²) in [4.78, 5) is 17.3. The molecular weight excluding hydrogens is 413 g/mol. The van der Waals surface area contributed by atoms with E-state index < -0.39 is 0 Å². The summed E-state index contributed by atoms with van der Waals surface area (Å²) in [5, 5.41) is 0.792. The molecule has 1 fully saturated rings. The van der Waals surface area contributed by atoms with Gasteiger partial charge in [0, 0.05) is 37.1 Å². The Morgan fingerprint density at radius 2 is 1.45 bits per heavy atom. The molecule has 5 aromatic rings. The van der Waals surface area contributed by atoms with Crippen LogP contribution in [0.3, 0.4) is 0 Å². The van der Waals surface area contributed by atoms with Crippen LogP contribution in [0.4, 0.5) is 10.2 Å². The minimum atomic E-state index is -0.259. The Labute approximate surface area is 191 Å². The highest BCUT2D eigenvalue weighted by atomic mass is 19.1. The molecule has 0 spiro atoms. The standard InChI is InChI=1S/C27H24FN5/c28-21-11-12-23-22(17-21)24-25(31-23)27(30-18-29-24)33-15-13-32(14-16-33)26(19-7-3-1-4-8-19)20-9-5-2-6-10-20/h1-12,17-18,26,31H,13-16H2. The van der Waals surface area contributed by atoms with Crippen molar-refractivity contribution in [2.24, 2.45) is 0 Å². The number of rotatable bonds is 4. The number of hydrogen-bond acceptors (Lipinski definition) is 4. The lowest BCUT2D eigenvalue weighted by Crippen LogP contribution is -2.48. The number of aromatic amines is 1. The molecule has 2 aromatic heterocycles. The monoisotopic (exact) mass is 437 g/mol.